The molecule has 0 atom stereocenters. The summed E-state index contributed by atoms with van der Waals surface area (Å²) in [6, 6.07) is 0. The minimum atomic E-state index is 0. The van der Waals surface area contributed by atoms with Crippen LogP contribution in [0, 0.1) is 0 Å². The van der Waals surface area contributed by atoms with Gasteiger partial charge in [-0.2, -0.15) is 9.36 Å². The molecule has 2 aromatic heterocycles. The second kappa shape index (κ2) is 10.1. The van der Waals surface area contributed by atoms with Crippen LogP contribution >= 0.6 is 36.3 Å². The first-order chi connectivity index (χ1) is 10.8. The smallest absolute Gasteiger partial charge is 0.240 e. The van der Waals surface area contributed by atoms with E-state index in [2.05, 4.69) is 36.2 Å². The highest BCUT2D eigenvalue weighted by molar-refractivity contribution is 7.09. The minimum Gasteiger partial charge on any atom is -0.346 e. The van der Waals surface area contributed by atoms with Gasteiger partial charge in [0.05, 0.1) is 13.1 Å². The Balaban J connectivity index is 0.00000144. The molecule has 2 N–H and O–H groups in total. The van der Waals surface area contributed by atoms with E-state index >= 15 is 0 Å². The van der Waals surface area contributed by atoms with Crippen LogP contribution in [0.5, 0.6) is 0 Å². The monoisotopic (exact) mass is 395 g/mol. The zero-order chi connectivity index (χ0) is 15.4. The van der Waals surface area contributed by atoms with Gasteiger partial charge >= 0.3 is 0 Å². The number of nitrogens with zero attached hydrogens (tertiary/aromatic N) is 6. The SMILES string of the molecule is CCc1nsc(N2CCCN(Cc3noc(CN)n3)CC2)n1.Cl.Cl. The Bertz CT molecular complexity index is 609. The summed E-state index contributed by atoms with van der Waals surface area (Å²) < 4.78 is 9.42. The first kappa shape index (κ1) is 21.0. The molecule has 11 heteroatoms. The Morgan fingerprint density at radius 3 is 2.62 bits per heavy atom. The highest BCUT2D eigenvalue weighted by atomic mass is 35.5. The fraction of sp³-hybridized carbons (Fsp3) is 0.692. The first-order valence-corrected chi connectivity index (χ1v) is 8.37. The summed E-state index contributed by atoms with van der Waals surface area (Å²) >= 11 is 1.49. The number of aryl methyl sites for hydroxylation is 1. The second-order valence-corrected chi connectivity index (χ2v) is 6.00. The van der Waals surface area contributed by atoms with E-state index in [1.54, 1.807) is 0 Å². The molecule has 0 radical (unpaired) electrons. The van der Waals surface area contributed by atoms with Crippen molar-refractivity contribution in [1.29, 1.82) is 0 Å². The normalized spacial score (nSPS) is 15.5. The lowest BCUT2D eigenvalue weighted by molar-refractivity contribution is 0.271. The third-order valence-corrected chi connectivity index (χ3v) is 4.50. The molecule has 0 bridgehead atoms. The summed E-state index contributed by atoms with van der Waals surface area (Å²) in [5.41, 5.74) is 5.49. The number of hydrogen-bond donors (Lipinski definition) is 1. The van der Waals surface area contributed by atoms with Gasteiger partial charge in [0.2, 0.25) is 11.0 Å². The lowest BCUT2D eigenvalue weighted by atomic mass is 10.4. The van der Waals surface area contributed by atoms with Gasteiger partial charge in [-0.3, -0.25) is 4.90 Å². The zero-order valence-electron chi connectivity index (χ0n) is 13.6. The molecule has 8 nitrogen and oxygen atoms in total. The standard InChI is InChI=1S/C13H21N7OS.2ClH/c1-2-10-16-13(22-18-10)20-5-3-4-19(6-7-20)9-11-15-12(8-14)21-17-11;;/h2-9,14H2,1H3;2*1H. The lowest BCUT2D eigenvalue weighted by Gasteiger charge is -2.19. The molecule has 1 fully saturated rings. The molecule has 1 aliphatic heterocycles. The minimum absolute atomic E-state index is 0. The summed E-state index contributed by atoms with van der Waals surface area (Å²) in [5.74, 6) is 2.13. The zero-order valence-corrected chi connectivity index (χ0v) is 16.0. The van der Waals surface area contributed by atoms with Gasteiger partial charge in [0.15, 0.2) is 5.82 Å². The van der Waals surface area contributed by atoms with Gasteiger partial charge in [0, 0.05) is 44.1 Å². The first-order valence-electron chi connectivity index (χ1n) is 7.60. The molecular formula is C13H23Cl2N7OS. The lowest BCUT2D eigenvalue weighted by Crippen LogP contribution is -2.30. The quantitative estimate of drug-likeness (QED) is 0.812. The average molecular weight is 396 g/mol. The van der Waals surface area contributed by atoms with E-state index in [0.717, 1.165) is 50.0 Å². The summed E-state index contributed by atoms with van der Waals surface area (Å²) in [7, 11) is 0. The summed E-state index contributed by atoms with van der Waals surface area (Å²) in [6.07, 6.45) is 1.97. The largest absolute Gasteiger partial charge is 0.346 e. The molecule has 3 heterocycles. The van der Waals surface area contributed by atoms with Crippen LogP contribution in [0.2, 0.25) is 0 Å². The van der Waals surface area contributed by atoms with E-state index in [0.29, 0.717) is 18.3 Å². The Morgan fingerprint density at radius 2 is 1.96 bits per heavy atom. The number of hydrogen-bond acceptors (Lipinski definition) is 9. The van der Waals surface area contributed by atoms with Crippen molar-refractivity contribution in [2.75, 3.05) is 31.1 Å². The van der Waals surface area contributed by atoms with Crippen molar-refractivity contribution < 1.29 is 4.52 Å². The van der Waals surface area contributed by atoms with Gasteiger partial charge in [-0.25, -0.2) is 4.98 Å². The molecule has 0 amide bonds. The van der Waals surface area contributed by atoms with Crippen LogP contribution in [0.15, 0.2) is 4.52 Å². The molecule has 136 valence electrons. The van der Waals surface area contributed by atoms with Gasteiger partial charge in [0.25, 0.3) is 0 Å². The van der Waals surface area contributed by atoms with E-state index in [9.17, 15) is 0 Å². The van der Waals surface area contributed by atoms with E-state index in [1.165, 1.54) is 11.5 Å². The maximum absolute atomic E-state index is 5.49. The van der Waals surface area contributed by atoms with Gasteiger partial charge in [-0.1, -0.05) is 12.1 Å². The van der Waals surface area contributed by atoms with E-state index in [4.69, 9.17) is 10.3 Å². The molecule has 0 aliphatic carbocycles. The molecule has 0 unspecified atom stereocenters. The molecule has 3 rings (SSSR count). The second-order valence-electron chi connectivity index (χ2n) is 5.27. The molecular weight excluding hydrogens is 373 g/mol. The van der Waals surface area contributed by atoms with Gasteiger partial charge in [0.1, 0.15) is 5.82 Å². The van der Waals surface area contributed by atoms with Crippen molar-refractivity contribution in [3.8, 4) is 0 Å². The van der Waals surface area contributed by atoms with Gasteiger partial charge in [-0.05, 0) is 6.42 Å². The van der Waals surface area contributed by atoms with Crippen LogP contribution in [0.1, 0.15) is 30.9 Å². The Kier molecular flexibility index (Phi) is 8.85. The van der Waals surface area contributed by atoms with Crippen molar-refractivity contribution in [3.63, 3.8) is 0 Å². The highest BCUT2D eigenvalue weighted by Gasteiger charge is 2.19. The van der Waals surface area contributed by atoms with E-state index in [-0.39, 0.29) is 31.4 Å². The van der Waals surface area contributed by atoms with Crippen LogP contribution in [-0.4, -0.2) is 50.6 Å². The topological polar surface area (TPSA) is 97.2 Å². The molecule has 24 heavy (non-hydrogen) atoms. The number of anilines is 1. The van der Waals surface area contributed by atoms with Crippen molar-refractivity contribution >= 4 is 41.5 Å². The predicted molar refractivity (Wildman–Crippen MR) is 98.1 cm³/mol. The van der Waals surface area contributed by atoms with Crippen LogP contribution in [-0.2, 0) is 19.5 Å². The fourth-order valence-electron chi connectivity index (χ4n) is 2.47. The van der Waals surface area contributed by atoms with Crippen LogP contribution in [0.4, 0.5) is 5.13 Å². The van der Waals surface area contributed by atoms with Crippen molar-refractivity contribution in [3.05, 3.63) is 17.5 Å². The maximum atomic E-state index is 5.49. The van der Waals surface area contributed by atoms with Crippen molar-refractivity contribution in [2.24, 2.45) is 5.73 Å². The molecule has 2 aromatic rings. The number of aromatic nitrogens is 4. The molecule has 1 aliphatic rings. The average Bonchev–Trinajstić information content (AvgIpc) is 3.13. The molecule has 0 aromatic carbocycles. The summed E-state index contributed by atoms with van der Waals surface area (Å²) in [5, 5.41) is 4.99. The summed E-state index contributed by atoms with van der Waals surface area (Å²) in [6.45, 7) is 6.99. The van der Waals surface area contributed by atoms with Crippen LogP contribution in [0.3, 0.4) is 0 Å². The molecule has 0 spiro atoms. The Hall–Kier alpha value is -1.00. The molecule has 0 saturated carbocycles. The van der Waals surface area contributed by atoms with Crippen LogP contribution < -0.4 is 10.6 Å². The highest BCUT2D eigenvalue weighted by Crippen LogP contribution is 2.19. The predicted octanol–water partition coefficient (Wildman–Crippen LogP) is 1.50. The number of halogens is 2. The van der Waals surface area contributed by atoms with Gasteiger partial charge < -0.3 is 15.2 Å². The number of rotatable bonds is 5. The number of nitrogens with two attached hydrogens (primary N) is 1. The maximum Gasteiger partial charge on any atom is 0.240 e. The third-order valence-electron chi connectivity index (χ3n) is 3.68. The summed E-state index contributed by atoms with van der Waals surface area (Å²) in [4.78, 5) is 13.5. The third kappa shape index (κ3) is 5.25. The fourth-order valence-corrected chi connectivity index (χ4v) is 3.28. The van der Waals surface area contributed by atoms with E-state index < -0.39 is 0 Å². The van der Waals surface area contributed by atoms with Crippen LogP contribution in [0.25, 0.3) is 0 Å². The van der Waals surface area contributed by atoms with Gasteiger partial charge in [-0.15, -0.1) is 24.8 Å². The molecule has 1 saturated heterocycles. The van der Waals surface area contributed by atoms with E-state index in [1.807, 2.05) is 0 Å². The van der Waals surface area contributed by atoms with Crippen molar-refractivity contribution in [2.45, 2.75) is 32.9 Å². The van der Waals surface area contributed by atoms with Crippen molar-refractivity contribution in [1.82, 2.24) is 24.4 Å². The Morgan fingerprint density at radius 1 is 1.12 bits per heavy atom. The Labute approximate surface area is 157 Å².